The highest BCUT2D eigenvalue weighted by atomic mass is 19.1. The van der Waals surface area contributed by atoms with E-state index in [1.54, 1.807) is 37.4 Å². The summed E-state index contributed by atoms with van der Waals surface area (Å²) in [5.41, 5.74) is 1.49. The van der Waals surface area contributed by atoms with Gasteiger partial charge in [-0.25, -0.2) is 13.6 Å². The predicted octanol–water partition coefficient (Wildman–Crippen LogP) is 6.13. The van der Waals surface area contributed by atoms with Gasteiger partial charge in [0, 0.05) is 30.4 Å². The maximum Gasteiger partial charge on any atom is 0.319 e. The smallest absolute Gasteiger partial charge is 0.319 e. The molecule has 1 unspecified atom stereocenters. The second-order valence-electron chi connectivity index (χ2n) is 9.66. The van der Waals surface area contributed by atoms with Crippen LogP contribution in [0.25, 0.3) is 10.9 Å². The molecule has 2 aliphatic heterocycles. The van der Waals surface area contributed by atoms with Crippen LogP contribution >= 0.6 is 0 Å². The van der Waals surface area contributed by atoms with Crippen molar-refractivity contribution in [1.29, 1.82) is 0 Å². The van der Waals surface area contributed by atoms with Gasteiger partial charge in [-0.05, 0) is 42.8 Å². The lowest BCUT2D eigenvalue weighted by molar-refractivity contribution is 0.128. The standard InChI is InChI=1S/C30H27F2N3O6/c1-17(18-2-4-19(31)5-3-18)34-30(36)35-20-6-7-24(22(32)14-20)41-25-8-10-33-23-15-26(40-21-9-11-37-16-21)28-29(27(23)25)39-13-12-38-28/h2-8,10,14-15,17,21H,9,11-13,16H2,1H3,(H2,34,35,36)/t17-,21?/m1/s1. The quantitative estimate of drug-likeness (QED) is 0.279. The number of nitrogens with one attached hydrogen (secondary N) is 2. The molecule has 2 aliphatic rings. The maximum atomic E-state index is 15.1. The Kier molecular flexibility index (Phi) is 7.43. The zero-order valence-corrected chi connectivity index (χ0v) is 22.1. The number of ether oxygens (including phenoxy) is 5. The number of benzene rings is 3. The van der Waals surface area contributed by atoms with Crippen LogP contribution in [0.4, 0.5) is 19.3 Å². The Morgan fingerprint density at radius 2 is 1.78 bits per heavy atom. The van der Waals surface area contributed by atoms with E-state index in [0.717, 1.165) is 18.1 Å². The minimum atomic E-state index is -0.688. The average molecular weight is 564 g/mol. The van der Waals surface area contributed by atoms with Crippen molar-refractivity contribution in [2.45, 2.75) is 25.5 Å². The Balaban J connectivity index is 1.20. The molecule has 3 aromatic carbocycles. The molecule has 0 radical (unpaired) electrons. The molecule has 212 valence electrons. The van der Waals surface area contributed by atoms with E-state index in [-0.39, 0.29) is 23.4 Å². The first kappa shape index (κ1) is 26.6. The van der Waals surface area contributed by atoms with Crippen LogP contribution in [-0.2, 0) is 4.74 Å². The number of hydrogen-bond donors (Lipinski definition) is 2. The van der Waals surface area contributed by atoms with Crippen LogP contribution in [-0.4, -0.2) is 43.5 Å². The van der Waals surface area contributed by atoms with Gasteiger partial charge in [-0.15, -0.1) is 0 Å². The highest BCUT2D eigenvalue weighted by molar-refractivity contribution is 5.95. The number of carbonyl (C=O) groups is 1. The third kappa shape index (κ3) is 5.80. The van der Waals surface area contributed by atoms with Crippen LogP contribution in [0.3, 0.4) is 0 Å². The normalized spacial score (nSPS) is 16.7. The third-order valence-corrected chi connectivity index (χ3v) is 6.75. The summed E-state index contributed by atoms with van der Waals surface area (Å²) in [5.74, 6) is 0.561. The number of hydrogen-bond acceptors (Lipinski definition) is 7. The molecule has 0 aliphatic carbocycles. The van der Waals surface area contributed by atoms with E-state index >= 15 is 4.39 Å². The molecule has 1 fully saturated rings. The van der Waals surface area contributed by atoms with Gasteiger partial charge in [0.2, 0.25) is 5.75 Å². The number of carbonyl (C=O) groups excluding carboxylic acids is 1. The fraction of sp³-hybridized carbons (Fsp3) is 0.267. The van der Waals surface area contributed by atoms with Crippen molar-refractivity contribution in [2.75, 3.05) is 31.7 Å². The summed E-state index contributed by atoms with van der Waals surface area (Å²) in [6, 6.07) is 12.3. The highest BCUT2D eigenvalue weighted by Crippen LogP contribution is 2.49. The first-order chi connectivity index (χ1) is 19.9. The number of halogens is 2. The Bertz CT molecular complexity index is 1580. The number of urea groups is 1. The minimum Gasteiger partial charge on any atom is -0.485 e. The Morgan fingerprint density at radius 3 is 2.54 bits per heavy atom. The van der Waals surface area contributed by atoms with Crippen LogP contribution in [0.15, 0.2) is 60.8 Å². The molecule has 4 aromatic rings. The van der Waals surface area contributed by atoms with Gasteiger partial charge < -0.3 is 34.3 Å². The van der Waals surface area contributed by atoms with Crippen LogP contribution in [0.1, 0.15) is 24.9 Å². The molecule has 9 nitrogen and oxygen atoms in total. The zero-order chi connectivity index (χ0) is 28.3. The molecule has 0 saturated carbocycles. The summed E-state index contributed by atoms with van der Waals surface area (Å²) in [7, 11) is 0. The topological polar surface area (TPSA) is 100 Å². The molecule has 6 rings (SSSR count). The summed E-state index contributed by atoms with van der Waals surface area (Å²) < 4.78 is 57.7. The van der Waals surface area contributed by atoms with E-state index in [4.69, 9.17) is 23.7 Å². The van der Waals surface area contributed by atoms with Gasteiger partial charge in [0.15, 0.2) is 23.1 Å². The van der Waals surface area contributed by atoms with E-state index in [1.807, 2.05) is 0 Å². The van der Waals surface area contributed by atoms with Gasteiger partial charge in [0.05, 0.1) is 30.2 Å². The number of amides is 2. The second-order valence-corrected chi connectivity index (χ2v) is 9.66. The molecule has 0 spiro atoms. The number of fused-ring (bicyclic) bond motifs is 3. The Morgan fingerprint density at radius 1 is 0.976 bits per heavy atom. The summed E-state index contributed by atoms with van der Waals surface area (Å²) in [6.07, 6.45) is 2.22. The van der Waals surface area contributed by atoms with Gasteiger partial charge in [0.1, 0.15) is 30.9 Å². The fourth-order valence-corrected chi connectivity index (χ4v) is 4.71. The van der Waals surface area contributed by atoms with Gasteiger partial charge >= 0.3 is 6.03 Å². The molecule has 0 bridgehead atoms. The van der Waals surface area contributed by atoms with Crippen molar-refractivity contribution >= 4 is 22.6 Å². The van der Waals surface area contributed by atoms with E-state index in [0.29, 0.717) is 60.3 Å². The van der Waals surface area contributed by atoms with Gasteiger partial charge in [-0.2, -0.15) is 0 Å². The average Bonchev–Trinajstić information content (AvgIpc) is 3.48. The molecule has 11 heteroatoms. The molecule has 1 aromatic heterocycles. The van der Waals surface area contributed by atoms with E-state index < -0.39 is 17.9 Å². The predicted molar refractivity (Wildman–Crippen MR) is 146 cm³/mol. The van der Waals surface area contributed by atoms with Crippen molar-refractivity contribution in [1.82, 2.24) is 10.3 Å². The van der Waals surface area contributed by atoms with Crippen molar-refractivity contribution in [3.05, 3.63) is 78.0 Å². The second kappa shape index (κ2) is 11.5. The lowest BCUT2D eigenvalue weighted by Crippen LogP contribution is -2.31. The summed E-state index contributed by atoms with van der Waals surface area (Å²) in [6.45, 7) is 3.56. The Hall–Kier alpha value is -4.64. The van der Waals surface area contributed by atoms with Crippen LogP contribution in [0.5, 0.6) is 28.7 Å². The monoisotopic (exact) mass is 563 g/mol. The van der Waals surface area contributed by atoms with Crippen molar-refractivity contribution in [3.63, 3.8) is 0 Å². The molecule has 2 atom stereocenters. The number of nitrogens with zero attached hydrogens (tertiary/aromatic N) is 1. The molecular formula is C30H27F2N3O6. The van der Waals surface area contributed by atoms with Crippen molar-refractivity contribution < 1.29 is 37.3 Å². The van der Waals surface area contributed by atoms with Crippen LogP contribution in [0.2, 0.25) is 0 Å². The summed E-state index contributed by atoms with van der Waals surface area (Å²) in [5, 5.41) is 5.86. The SMILES string of the molecule is C[C@@H](NC(=O)Nc1ccc(Oc2ccnc3cc(OC4CCOC4)c4c(c23)OCCO4)c(F)c1)c1ccc(F)cc1. The molecule has 2 amide bonds. The molecule has 3 heterocycles. The lowest BCUT2D eigenvalue weighted by atomic mass is 10.1. The largest absolute Gasteiger partial charge is 0.485 e. The fourth-order valence-electron chi connectivity index (χ4n) is 4.71. The van der Waals surface area contributed by atoms with Gasteiger partial charge in [-0.1, -0.05) is 12.1 Å². The zero-order valence-electron chi connectivity index (χ0n) is 22.1. The molecule has 41 heavy (non-hydrogen) atoms. The first-order valence-corrected chi connectivity index (χ1v) is 13.2. The van der Waals surface area contributed by atoms with Crippen LogP contribution < -0.4 is 29.6 Å². The minimum absolute atomic E-state index is 0.0583. The van der Waals surface area contributed by atoms with Gasteiger partial charge in [-0.3, -0.25) is 4.98 Å². The molecule has 1 saturated heterocycles. The van der Waals surface area contributed by atoms with Crippen molar-refractivity contribution in [2.24, 2.45) is 0 Å². The lowest BCUT2D eigenvalue weighted by Gasteiger charge is -2.24. The van der Waals surface area contributed by atoms with E-state index in [9.17, 15) is 9.18 Å². The number of rotatable bonds is 7. The Labute approximate surface area is 234 Å². The summed E-state index contributed by atoms with van der Waals surface area (Å²) in [4.78, 5) is 16.9. The number of pyridine rings is 1. The highest BCUT2D eigenvalue weighted by Gasteiger charge is 2.27. The third-order valence-electron chi connectivity index (χ3n) is 6.75. The van der Waals surface area contributed by atoms with Crippen LogP contribution in [0, 0.1) is 11.6 Å². The van der Waals surface area contributed by atoms with Gasteiger partial charge in [0.25, 0.3) is 0 Å². The maximum absolute atomic E-state index is 15.1. The van der Waals surface area contributed by atoms with E-state index in [1.165, 1.54) is 24.3 Å². The number of aromatic nitrogens is 1. The van der Waals surface area contributed by atoms with Crippen molar-refractivity contribution in [3.8, 4) is 28.7 Å². The number of anilines is 1. The first-order valence-electron chi connectivity index (χ1n) is 13.2. The summed E-state index contributed by atoms with van der Waals surface area (Å²) >= 11 is 0. The molecular weight excluding hydrogens is 536 g/mol. The van der Waals surface area contributed by atoms with E-state index in [2.05, 4.69) is 15.6 Å². The molecule has 2 N–H and O–H groups in total.